The second-order valence-electron chi connectivity index (χ2n) is 8.44. The molecule has 0 radical (unpaired) electrons. The zero-order chi connectivity index (χ0) is 21.7. The van der Waals surface area contributed by atoms with Crippen LogP contribution in [0.2, 0.25) is 0 Å². The monoisotopic (exact) mass is 420 g/mol. The van der Waals surface area contributed by atoms with Gasteiger partial charge in [-0.2, -0.15) is 13.2 Å². The van der Waals surface area contributed by atoms with Crippen molar-refractivity contribution < 1.29 is 27.8 Å². The molecule has 0 unspecified atom stereocenters. The Morgan fingerprint density at radius 3 is 2.63 bits per heavy atom. The van der Waals surface area contributed by atoms with Gasteiger partial charge in [-0.15, -0.1) is 0 Å². The molecule has 2 aromatic carbocycles. The Morgan fingerprint density at radius 2 is 1.90 bits per heavy atom. The molecule has 1 heterocycles. The van der Waals surface area contributed by atoms with Crippen molar-refractivity contribution in [2.75, 3.05) is 5.32 Å². The lowest BCUT2D eigenvalue weighted by atomic mass is 9.88. The first kappa shape index (κ1) is 20.5. The minimum Gasteiger partial charge on any atom is -0.487 e. The fourth-order valence-corrected chi connectivity index (χ4v) is 4.28. The first-order chi connectivity index (χ1) is 14.0. The summed E-state index contributed by atoms with van der Waals surface area (Å²) in [6.45, 7) is 3.39. The number of aliphatic hydroxyl groups is 1. The van der Waals surface area contributed by atoms with Crippen LogP contribution in [-0.4, -0.2) is 22.8 Å². The first-order valence-electron chi connectivity index (χ1n) is 9.79. The number of anilines is 1. The van der Waals surface area contributed by atoms with Crippen LogP contribution in [0.3, 0.4) is 0 Å². The third-order valence-electron chi connectivity index (χ3n) is 5.52. The fraction of sp³-hybridized carbons (Fsp3) is 0.409. The molecular weight excluding hydrogens is 397 g/mol. The van der Waals surface area contributed by atoms with Gasteiger partial charge in [0.05, 0.1) is 17.7 Å². The smallest absolute Gasteiger partial charge is 0.419 e. The number of amides is 2. The van der Waals surface area contributed by atoms with Gasteiger partial charge >= 0.3 is 12.2 Å². The molecule has 160 valence electrons. The SMILES string of the molecule is CC1(C)C[C@@H](NC(=O)Nc2cccc3c2C[C@@H](O)C3)c2cccc(C(F)(F)F)c2O1. The molecular formula is C22H23F3N2O3. The van der Waals surface area contributed by atoms with E-state index in [-0.39, 0.29) is 5.75 Å². The van der Waals surface area contributed by atoms with E-state index in [0.29, 0.717) is 30.5 Å². The number of nitrogens with one attached hydrogen (secondary N) is 2. The van der Waals surface area contributed by atoms with Crippen LogP contribution in [0.15, 0.2) is 36.4 Å². The highest BCUT2D eigenvalue weighted by Gasteiger charge is 2.42. The maximum absolute atomic E-state index is 13.5. The number of ether oxygens (including phenoxy) is 1. The Morgan fingerprint density at radius 1 is 1.17 bits per heavy atom. The summed E-state index contributed by atoms with van der Waals surface area (Å²) in [5, 5.41) is 15.5. The normalized spacial score (nSPS) is 21.9. The van der Waals surface area contributed by atoms with E-state index in [2.05, 4.69) is 10.6 Å². The molecule has 2 amide bonds. The Kier molecular flexibility index (Phi) is 4.92. The van der Waals surface area contributed by atoms with E-state index in [9.17, 15) is 23.1 Å². The van der Waals surface area contributed by atoms with Crippen LogP contribution in [0.25, 0.3) is 0 Å². The maximum atomic E-state index is 13.5. The number of para-hydroxylation sites is 1. The second-order valence-corrected chi connectivity index (χ2v) is 8.44. The molecule has 1 aliphatic carbocycles. The lowest BCUT2D eigenvalue weighted by Gasteiger charge is -2.39. The zero-order valence-electron chi connectivity index (χ0n) is 16.6. The Labute approximate surface area is 172 Å². The number of fused-ring (bicyclic) bond motifs is 2. The number of alkyl halides is 3. The van der Waals surface area contributed by atoms with Crippen LogP contribution < -0.4 is 15.4 Å². The van der Waals surface area contributed by atoms with Crippen molar-refractivity contribution in [3.63, 3.8) is 0 Å². The number of halogens is 3. The second kappa shape index (κ2) is 7.19. The molecule has 0 aromatic heterocycles. The average Bonchev–Trinajstić information content (AvgIpc) is 3.00. The third kappa shape index (κ3) is 3.96. The molecule has 0 fully saturated rings. The van der Waals surface area contributed by atoms with Crippen LogP contribution >= 0.6 is 0 Å². The lowest BCUT2D eigenvalue weighted by molar-refractivity contribution is -0.140. The number of rotatable bonds is 2. The van der Waals surface area contributed by atoms with Gasteiger partial charge in [0.2, 0.25) is 0 Å². The minimum atomic E-state index is -4.56. The van der Waals surface area contributed by atoms with Gasteiger partial charge in [0.15, 0.2) is 0 Å². The summed E-state index contributed by atoms with van der Waals surface area (Å²) in [4.78, 5) is 12.7. The number of aliphatic hydroxyl groups excluding tert-OH is 1. The van der Waals surface area contributed by atoms with Crippen LogP contribution in [0, 0.1) is 0 Å². The van der Waals surface area contributed by atoms with Crippen molar-refractivity contribution in [2.45, 2.75) is 57.0 Å². The molecule has 5 nitrogen and oxygen atoms in total. The molecule has 2 aliphatic rings. The quantitative estimate of drug-likeness (QED) is 0.666. The van der Waals surface area contributed by atoms with Crippen molar-refractivity contribution >= 4 is 11.7 Å². The number of hydrogen-bond donors (Lipinski definition) is 3. The molecule has 0 saturated heterocycles. The van der Waals surface area contributed by atoms with Gasteiger partial charge in [-0.3, -0.25) is 0 Å². The van der Waals surface area contributed by atoms with E-state index in [1.54, 1.807) is 32.0 Å². The van der Waals surface area contributed by atoms with Crippen LogP contribution in [0.5, 0.6) is 5.75 Å². The average molecular weight is 420 g/mol. The minimum absolute atomic E-state index is 0.240. The van der Waals surface area contributed by atoms with Crippen molar-refractivity contribution in [1.29, 1.82) is 0 Å². The van der Waals surface area contributed by atoms with Crippen molar-refractivity contribution in [3.05, 3.63) is 58.7 Å². The van der Waals surface area contributed by atoms with Crippen LogP contribution in [-0.2, 0) is 19.0 Å². The number of benzene rings is 2. The summed E-state index contributed by atoms with van der Waals surface area (Å²) < 4.78 is 46.1. The number of carbonyl (C=O) groups excluding carboxylic acids is 1. The van der Waals surface area contributed by atoms with Gasteiger partial charge in [-0.25, -0.2) is 4.79 Å². The molecule has 4 rings (SSSR count). The van der Waals surface area contributed by atoms with Gasteiger partial charge in [0.25, 0.3) is 0 Å². The number of urea groups is 1. The standard InChI is InChI=1S/C22H23F3N2O3/c1-21(2)11-18(14-6-4-7-16(19(14)30-21)22(23,24)25)27-20(29)26-17-8-3-5-12-9-13(28)10-15(12)17/h3-8,13,18,28H,9-11H2,1-2H3,(H2,26,27,29)/t13-,18+/m0/s1. The van der Waals surface area contributed by atoms with Crippen LogP contribution in [0.1, 0.15) is 48.6 Å². The topological polar surface area (TPSA) is 70.6 Å². The van der Waals surface area contributed by atoms with Crippen molar-refractivity contribution in [2.24, 2.45) is 0 Å². The van der Waals surface area contributed by atoms with E-state index in [1.165, 1.54) is 6.07 Å². The number of hydrogen-bond acceptors (Lipinski definition) is 3. The van der Waals surface area contributed by atoms with Gasteiger partial charge in [0.1, 0.15) is 11.4 Å². The Balaban J connectivity index is 1.59. The molecule has 1 aliphatic heterocycles. The summed E-state index contributed by atoms with van der Waals surface area (Å²) in [5.74, 6) is -0.240. The van der Waals surface area contributed by atoms with E-state index in [4.69, 9.17) is 4.74 Å². The molecule has 2 atom stereocenters. The Hall–Kier alpha value is -2.74. The molecule has 2 aromatic rings. The number of carbonyl (C=O) groups is 1. The molecule has 3 N–H and O–H groups in total. The third-order valence-corrected chi connectivity index (χ3v) is 5.52. The Bertz CT molecular complexity index is 988. The van der Waals surface area contributed by atoms with Crippen molar-refractivity contribution in [3.8, 4) is 5.75 Å². The van der Waals surface area contributed by atoms with Gasteiger partial charge in [0, 0.05) is 24.1 Å². The summed E-state index contributed by atoms with van der Waals surface area (Å²) in [6, 6.07) is 8.14. The van der Waals surface area contributed by atoms with E-state index < -0.39 is 35.5 Å². The lowest BCUT2D eigenvalue weighted by Crippen LogP contribution is -2.43. The summed E-state index contributed by atoms with van der Waals surface area (Å²) in [7, 11) is 0. The molecule has 0 bridgehead atoms. The predicted molar refractivity (Wildman–Crippen MR) is 106 cm³/mol. The van der Waals surface area contributed by atoms with Crippen LogP contribution in [0.4, 0.5) is 23.7 Å². The van der Waals surface area contributed by atoms with Gasteiger partial charge in [-0.05, 0) is 43.5 Å². The first-order valence-corrected chi connectivity index (χ1v) is 9.79. The highest BCUT2D eigenvalue weighted by Crippen LogP contribution is 2.46. The van der Waals surface area contributed by atoms with E-state index >= 15 is 0 Å². The largest absolute Gasteiger partial charge is 0.487 e. The van der Waals surface area contributed by atoms with Gasteiger partial charge < -0.3 is 20.5 Å². The zero-order valence-corrected chi connectivity index (χ0v) is 16.6. The summed E-state index contributed by atoms with van der Waals surface area (Å²) in [5.41, 5.74) is 1.02. The maximum Gasteiger partial charge on any atom is 0.419 e. The molecule has 0 spiro atoms. The summed E-state index contributed by atoms with van der Waals surface area (Å²) in [6.07, 6.45) is -3.73. The molecule has 30 heavy (non-hydrogen) atoms. The highest BCUT2D eigenvalue weighted by molar-refractivity contribution is 5.91. The van der Waals surface area contributed by atoms with Gasteiger partial charge in [-0.1, -0.05) is 24.3 Å². The molecule has 8 heteroatoms. The summed E-state index contributed by atoms with van der Waals surface area (Å²) >= 11 is 0. The van der Waals surface area contributed by atoms with E-state index in [1.807, 2.05) is 6.07 Å². The fourth-order valence-electron chi connectivity index (χ4n) is 4.28. The highest BCUT2D eigenvalue weighted by atomic mass is 19.4. The predicted octanol–water partition coefficient (Wildman–Crippen LogP) is 4.59. The molecule has 0 saturated carbocycles. The van der Waals surface area contributed by atoms with Crippen molar-refractivity contribution in [1.82, 2.24) is 5.32 Å². The van der Waals surface area contributed by atoms with E-state index in [0.717, 1.165) is 17.2 Å².